The van der Waals surface area contributed by atoms with Crippen molar-refractivity contribution < 1.29 is 9.47 Å². The summed E-state index contributed by atoms with van der Waals surface area (Å²) < 4.78 is 11.1. The van der Waals surface area contributed by atoms with Crippen LogP contribution in [0.25, 0.3) is 0 Å². The van der Waals surface area contributed by atoms with E-state index in [2.05, 4.69) is 25.6 Å². The first kappa shape index (κ1) is 17.2. The second kappa shape index (κ2) is 10.9. The van der Waals surface area contributed by atoms with Gasteiger partial charge in [0.1, 0.15) is 0 Å². The van der Waals surface area contributed by atoms with E-state index < -0.39 is 0 Å². The van der Waals surface area contributed by atoms with E-state index in [0.717, 1.165) is 30.3 Å². The molecule has 0 aliphatic carbocycles. The van der Waals surface area contributed by atoms with Crippen molar-refractivity contribution in [3.63, 3.8) is 0 Å². The molecule has 0 atom stereocenters. The molecule has 20 heavy (non-hydrogen) atoms. The molecule has 1 aromatic carbocycles. The van der Waals surface area contributed by atoms with Crippen molar-refractivity contribution >= 4 is 12.6 Å². The van der Waals surface area contributed by atoms with E-state index in [-0.39, 0.29) is 0 Å². The third-order valence-electron chi connectivity index (χ3n) is 3.38. The molecule has 0 aliphatic rings. The van der Waals surface area contributed by atoms with Crippen LogP contribution in [0, 0.1) is 6.92 Å². The van der Waals surface area contributed by atoms with Crippen LogP contribution < -0.4 is 9.47 Å². The molecule has 0 heterocycles. The topological polar surface area (TPSA) is 18.5 Å². The summed E-state index contributed by atoms with van der Waals surface area (Å²) in [4.78, 5) is 0. The zero-order chi connectivity index (χ0) is 14.6. The Hall–Kier alpha value is -0.830. The van der Waals surface area contributed by atoms with Gasteiger partial charge in [-0.25, -0.2) is 0 Å². The number of unbranched alkanes of at least 4 members (excludes halogenated alkanes) is 6. The molecule has 0 fully saturated rings. The lowest BCUT2D eigenvalue weighted by Gasteiger charge is -2.11. The Balaban J connectivity index is 2.09. The third kappa shape index (κ3) is 7.09. The number of ether oxygens (including phenoxy) is 2. The van der Waals surface area contributed by atoms with Crippen molar-refractivity contribution in [2.45, 2.75) is 51.9 Å². The summed E-state index contributed by atoms with van der Waals surface area (Å²) in [6.07, 6.45) is 8.91. The van der Waals surface area contributed by atoms with Gasteiger partial charge in [0, 0.05) is 0 Å². The van der Waals surface area contributed by atoms with Crippen molar-refractivity contribution in [2.75, 3.05) is 19.5 Å². The second-order valence-electron chi connectivity index (χ2n) is 5.20. The molecule has 0 N–H and O–H groups in total. The minimum Gasteiger partial charge on any atom is -0.493 e. The summed E-state index contributed by atoms with van der Waals surface area (Å²) in [6, 6.07) is 6.06. The van der Waals surface area contributed by atoms with Gasteiger partial charge < -0.3 is 9.47 Å². The lowest BCUT2D eigenvalue weighted by atomic mass is 10.1. The van der Waals surface area contributed by atoms with E-state index in [0.29, 0.717) is 0 Å². The smallest absolute Gasteiger partial charge is 0.161 e. The van der Waals surface area contributed by atoms with Crippen molar-refractivity contribution in [1.29, 1.82) is 0 Å². The van der Waals surface area contributed by atoms with E-state index >= 15 is 0 Å². The summed E-state index contributed by atoms with van der Waals surface area (Å²) in [5.74, 6) is 2.70. The van der Waals surface area contributed by atoms with Crippen LogP contribution in [0.4, 0.5) is 0 Å². The fourth-order valence-corrected chi connectivity index (χ4v) is 2.40. The maximum Gasteiger partial charge on any atom is 0.161 e. The van der Waals surface area contributed by atoms with Crippen LogP contribution in [-0.4, -0.2) is 19.5 Å². The van der Waals surface area contributed by atoms with Gasteiger partial charge in [-0.05, 0) is 43.2 Å². The standard InChI is InChI=1S/C17H28O2S/c1-15-10-11-16(17(14-15)18-2)19-12-8-6-4-3-5-7-9-13-20/h10-11,14,20H,3-9,12-13H2,1-2H3. The molecule has 2 nitrogen and oxygen atoms in total. The van der Waals surface area contributed by atoms with Crippen molar-refractivity contribution in [1.82, 2.24) is 0 Å². The number of benzene rings is 1. The highest BCUT2D eigenvalue weighted by molar-refractivity contribution is 7.80. The zero-order valence-electron chi connectivity index (χ0n) is 12.9. The van der Waals surface area contributed by atoms with Crippen molar-refractivity contribution in [3.05, 3.63) is 23.8 Å². The van der Waals surface area contributed by atoms with Crippen LogP contribution in [0.1, 0.15) is 50.5 Å². The monoisotopic (exact) mass is 296 g/mol. The number of hydrogen-bond acceptors (Lipinski definition) is 3. The maximum absolute atomic E-state index is 5.79. The summed E-state index contributed by atoms with van der Waals surface area (Å²) in [7, 11) is 1.69. The van der Waals surface area contributed by atoms with Crippen LogP contribution >= 0.6 is 12.6 Å². The molecule has 0 aliphatic heterocycles. The molecule has 0 saturated carbocycles. The Morgan fingerprint density at radius 1 is 0.900 bits per heavy atom. The number of thiol groups is 1. The second-order valence-corrected chi connectivity index (χ2v) is 5.65. The van der Waals surface area contributed by atoms with Gasteiger partial charge in [-0.2, -0.15) is 12.6 Å². The molecule has 0 radical (unpaired) electrons. The van der Waals surface area contributed by atoms with Crippen molar-refractivity contribution in [3.8, 4) is 11.5 Å². The normalized spacial score (nSPS) is 10.6. The highest BCUT2D eigenvalue weighted by atomic mass is 32.1. The predicted molar refractivity (Wildman–Crippen MR) is 89.4 cm³/mol. The first-order valence-corrected chi connectivity index (χ1v) is 8.29. The Morgan fingerprint density at radius 3 is 2.20 bits per heavy atom. The molecule has 3 heteroatoms. The van der Waals surface area contributed by atoms with E-state index in [1.807, 2.05) is 12.1 Å². The molecule has 1 aromatic rings. The number of hydrogen-bond donors (Lipinski definition) is 1. The van der Waals surface area contributed by atoms with Gasteiger partial charge in [0.05, 0.1) is 13.7 Å². The van der Waals surface area contributed by atoms with E-state index in [4.69, 9.17) is 9.47 Å². The van der Waals surface area contributed by atoms with E-state index in [1.165, 1.54) is 44.1 Å². The van der Waals surface area contributed by atoms with Crippen LogP contribution in [0.15, 0.2) is 18.2 Å². The van der Waals surface area contributed by atoms with Gasteiger partial charge in [0.25, 0.3) is 0 Å². The van der Waals surface area contributed by atoms with Crippen LogP contribution in [0.2, 0.25) is 0 Å². The van der Waals surface area contributed by atoms with Crippen LogP contribution in [-0.2, 0) is 0 Å². The Bertz CT molecular complexity index is 366. The third-order valence-corrected chi connectivity index (χ3v) is 3.70. The fraction of sp³-hybridized carbons (Fsp3) is 0.647. The molecular formula is C17H28O2S. The van der Waals surface area contributed by atoms with Crippen LogP contribution in [0.3, 0.4) is 0 Å². The predicted octanol–water partition coefficient (Wildman–Crippen LogP) is 5.04. The van der Waals surface area contributed by atoms with Gasteiger partial charge in [-0.1, -0.05) is 38.2 Å². The maximum atomic E-state index is 5.79. The fourth-order valence-electron chi connectivity index (χ4n) is 2.17. The highest BCUT2D eigenvalue weighted by Crippen LogP contribution is 2.27. The van der Waals surface area contributed by atoms with Gasteiger partial charge >= 0.3 is 0 Å². The molecule has 0 bridgehead atoms. The molecule has 0 aromatic heterocycles. The minimum absolute atomic E-state index is 0.774. The quantitative estimate of drug-likeness (QED) is 0.455. The summed E-state index contributed by atoms with van der Waals surface area (Å²) >= 11 is 4.22. The average Bonchev–Trinajstić information content (AvgIpc) is 2.46. The van der Waals surface area contributed by atoms with Crippen LogP contribution in [0.5, 0.6) is 11.5 Å². The van der Waals surface area contributed by atoms with Gasteiger partial charge in [0.15, 0.2) is 11.5 Å². The first-order valence-electron chi connectivity index (χ1n) is 7.66. The minimum atomic E-state index is 0.774. The lowest BCUT2D eigenvalue weighted by molar-refractivity contribution is 0.284. The first-order chi connectivity index (χ1) is 9.77. The Kier molecular flexibility index (Phi) is 9.38. The molecule has 114 valence electrons. The average molecular weight is 296 g/mol. The molecule has 0 saturated heterocycles. The summed E-state index contributed by atoms with van der Waals surface area (Å²) in [6.45, 7) is 2.83. The largest absolute Gasteiger partial charge is 0.493 e. The Labute approximate surface area is 129 Å². The number of aryl methyl sites for hydroxylation is 1. The molecule has 0 spiro atoms. The molecular weight excluding hydrogens is 268 g/mol. The zero-order valence-corrected chi connectivity index (χ0v) is 13.8. The van der Waals surface area contributed by atoms with Crippen molar-refractivity contribution in [2.24, 2.45) is 0 Å². The SMILES string of the molecule is COc1cc(C)ccc1OCCCCCCCCCS. The molecule has 0 amide bonds. The number of methoxy groups -OCH3 is 1. The van der Waals surface area contributed by atoms with Gasteiger partial charge in [0.2, 0.25) is 0 Å². The Morgan fingerprint density at radius 2 is 1.55 bits per heavy atom. The van der Waals surface area contributed by atoms with E-state index in [9.17, 15) is 0 Å². The molecule has 0 unspecified atom stereocenters. The molecule has 1 rings (SSSR count). The highest BCUT2D eigenvalue weighted by Gasteiger charge is 2.03. The van der Waals surface area contributed by atoms with Gasteiger partial charge in [-0.3, -0.25) is 0 Å². The summed E-state index contributed by atoms with van der Waals surface area (Å²) in [5, 5.41) is 0. The van der Waals surface area contributed by atoms with E-state index in [1.54, 1.807) is 7.11 Å². The van der Waals surface area contributed by atoms with Gasteiger partial charge in [-0.15, -0.1) is 0 Å². The summed E-state index contributed by atoms with van der Waals surface area (Å²) in [5.41, 5.74) is 1.19. The number of rotatable bonds is 11. The lowest BCUT2D eigenvalue weighted by Crippen LogP contribution is -1.99.